The number of halogens is 1. The Bertz CT molecular complexity index is 1040. The van der Waals surface area contributed by atoms with E-state index in [-0.39, 0.29) is 35.3 Å². The molecular weight excluding hydrogens is 351 g/mol. The number of amides is 1. The second-order valence-corrected chi connectivity index (χ2v) is 6.75. The number of hydrogen-bond donors (Lipinski definition) is 0. The van der Waals surface area contributed by atoms with Crippen LogP contribution in [0, 0.1) is 5.82 Å². The second kappa shape index (κ2) is 6.90. The molecular formula is C18H19FN6O2. The minimum absolute atomic E-state index is 0.135. The Balaban J connectivity index is 1.64. The van der Waals surface area contributed by atoms with Gasteiger partial charge in [-0.3, -0.25) is 9.59 Å². The Morgan fingerprint density at radius 1 is 1.26 bits per heavy atom. The summed E-state index contributed by atoms with van der Waals surface area (Å²) < 4.78 is 15.6. The molecule has 27 heavy (non-hydrogen) atoms. The lowest BCUT2D eigenvalue weighted by Crippen LogP contribution is -2.45. The number of likely N-dealkylation sites (tertiary alicyclic amines) is 1. The molecule has 8 nitrogen and oxygen atoms in total. The van der Waals surface area contributed by atoms with Crippen LogP contribution in [0.3, 0.4) is 0 Å². The fraction of sp³-hybridized carbons (Fsp3) is 0.389. The molecule has 1 aliphatic heterocycles. The van der Waals surface area contributed by atoms with Crippen molar-refractivity contribution in [2.24, 2.45) is 0 Å². The van der Waals surface area contributed by atoms with Gasteiger partial charge in [0.2, 0.25) is 5.91 Å². The van der Waals surface area contributed by atoms with E-state index in [9.17, 15) is 14.0 Å². The van der Waals surface area contributed by atoms with Crippen LogP contribution in [-0.4, -0.2) is 48.2 Å². The third kappa shape index (κ3) is 3.20. The summed E-state index contributed by atoms with van der Waals surface area (Å²) in [5.41, 5.74) is 0.407. The van der Waals surface area contributed by atoms with Crippen molar-refractivity contribution in [2.75, 3.05) is 6.54 Å². The molecule has 9 heteroatoms. The molecule has 0 bridgehead atoms. The molecule has 0 N–H and O–H groups in total. The van der Waals surface area contributed by atoms with Crippen molar-refractivity contribution >= 4 is 16.9 Å². The third-order valence-corrected chi connectivity index (χ3v) is 4.94. The first kappa shape index (κ1) is 17.3. The first-order chi connectivity index (χ1) is 13.0. The van der Waals surface area contributed by atoms with E-state index < -0.39 is 5.56 Å². The number of aromatic nitrogens is 5. The molecule has 0 spiro atoms. The van der Waals surface area contributed by atoms with E-state index in [0.29, 0.717) is 12.2 Å². The number of benzene rings is 1. The van der Waals surface area contributed by atoms with Crippen LogP contribution in [0.5, 0.6) is 0 Å². The largest absolute Gasteiger partial charge is 0.338 e. The van der Waals surface area contributed by atoms with Crippen molar-refractivity contribution in [2.45, 2.75) is 38.8 Å². The second-order valence-electron chi connectivity index (χ2n) is 6.75. The molecule has 1 atom stereocenters. The van der Waals surface area contributed by atoms with Gasteiger partial charge in [0, 0.05) is 12.6 Å². The average molecular weight is 370 g/mol. The van der Waals surface area contributed by atoms with Gasteiger partial charge in [0.15, 0.2) is 5.65 Å². The molecule has 0 radical (unpaired) electrons. The van der Waals surface area contributed by atoms with Gasteiger partial charge in [0.05, 0.1) is 11.9 Å². The summed E-state index contributed by atoms with van der Waals surface area (Å²) in [4.78, 5) is 27.1. The van der Waals surface area contributed by atoms with Crippen LogP contribution in [-0.2, 0) is 11.3 Å². The van der Waals surface area contributed by atoms with Gasteiger partial charge in [-0.1, -0.05) is 5.21 Å². The van der Waals surface area contributed by atoms with E-state index in [1.54, 1.807) is 4.90 Å². The molecule has 140 valence electrons. The van der Waals surface area contributed by atoms with Crippen LogP contribution in [0.4, 0.5) is 4.39 Å². The molecule has 2 aromatic heterocycles. The zero-order chi connectivity index (χ0) is 19.0. The summed E-state index contributed by atoms with van der Waals surface area (Å²) in [5, 5.41) is 12.4. The standard InChI is InChI=1S/C18H19FN6O2/c1-12-4-2-3-9-23(12)16(26)11-24-18(27)15-10-20-25(17(15)21-22-24)14-7-5-13(19)6-8-14/h5-8,10,12H,2-4,9,11H2,1H3/t12-/m0/s1. The molecule has 1 fully saturated rings. The molecule has 1 saturated heterocycles. The zero-order valence-electron chi connectivity index (χ0n) is 14.9. The Kier molecular flexibility index (Phi) is 4.43. The predicted molar refractivity (Wildman–Crippen MR) is 95.9 cm³/mol. The van der Waals surface area contributed by atoms with Gasteiger partial charge < -0.3 is 4.90 Å². The number of nitrogens with zero attached hydrogens (tertiary/aromatic N) is 6. The van der Waals surface area contributed by atoms with Crippen LogP contribution >= 0.6 is 0 Å². The lowest BCUT2D eigenvalue weighted by Gasteiger charge is -2.33. The summed E-state index contributed by atoms with van der Waals surface area (Å²) in [6.45, 7) is 2.57. The van der Waals surface area contributed by atoms with Gasteiger partial charge in [-0.15, -0.1) is 5.10 Å². The van der Waals surface area contributed by atoms with Crippen LogP contribution in [0.25, 0.3) is 16.7 Å². The minimum atomic E-state index is -0.425. The van der Waals surface area contributed by atoms with Gasteiger partial charge in [0.1, 0.15) is 17.7 Å². The van der Waals surface area contributed by atoms with E-state index in [1.807, 2.05) is 6.92 Å². The van der Waals surface area contributed by atoms with Crippen LogP contribution in [0.1, 0.15) is 26.2 Å². The van der Waals surface area contributed by atoms with Crippen molar-refractivity contribution in [3.63, 3.8) is 0 Å². The third-order valence-electron chi connectivity index (χ3n) is 4.94. The molecule has 0 aliphatic carbocycles. The number of rotatable bonds is 3. The number of carbonyl (C=O) groups is 1. The molecule has 1 aromatic carbocycles. The molecule has 4 rings (SSSR count). The highest BCUT2D eigenvalue weighted by Crippen LogP contribution is 2.17. The Morgan fingerprint density at radius 3 is 2.78 bits per heavy atom. The fourth-order valence-electron chi connectivity index (χ4n) is 3.43. The molecule has 1 aliphatic rings. The number of carbonyl (C=O) groups excluding carboxylic acids is 1. The minimum Gasteiger partial charge on any atom is -0.338 e. The first-order valence-electron chi connectivity index (χ1n) is 8.91. The average Bonchev–Trinajstić information content (AvgIpc) is 3.10. The normalized spacial score (nSPS) is 17.4. The van der Waals surface area contributed by atoms with Crippen molar-refractivity contribution in [1.29, 1.82) is 0 Å². The van der Waals surface area contributed by atoms with Crippen molar-refractivity contribution in [1.82, 2.24) is 29.7 Å². The lowest BCUT2D eigenvalue weighted by atomic mass is 10.0. The van der Waals surface area contributed by atoms with E-state index in [4.69, 9.17) is 0 Å². The fourth-order valence-corrected chi connectivity index (χ4v) is 3.43. The number of hydrogen-bond acceptors (Lipinski definition) is 5. The number of fused-ring (bicyclic) bond motifs is 1. The van der Waals surface area contributed by atoms with Gasteiger partial charge >= 0.3 is 0 Å². The van der Waals surface area contributed by atoms with Crippen molar-refractivity contribution in [3.8, 4) is 5.69 Å². The summed E-state index contributed by atoms with van der Waals surface area (Å²) in [6.07, 6.45) is 4.44. The maximum atomic E-state index is 13.1. The summed E-state index contributed by atoms with van der Waals surface area (Å²) >= 11 is 0. The molecule has 0 unspecified atom stereocenters. The van der Waals surface area contributed by atoms with Crippen molar-refractivity contribution in [3.05, 3.63) is 46.6 Å². The highest BCUT2D eigenvalue weighted by Gasteiger charge is 2.24. The smallest absolute Gasteiger partial charge is 0.281 e. The van der Waals surface area contributed by atoms with Gasteiger partial charge in [-0.05, 0) is 50.5 Å². The summed E-state index contributed by atoms with van der Waals surface area (Å²) in [6, 6.07) is 5.85. The molecule has 3 aromatic rings. The quantitative estimate of drug-likeness (QED) is 0.698. The Morgan fingerprint density at radius 2 is 2.04 bits per heavy atom. The predicted octanol–water partition coefficient (Wildman–Crippen LogP) is 1.52. The highest BCUT2D eigenvalue weighted by atomic mass is 19.1. The summed E-state index contributed by atoms with van der Waals surface area (Å²) in [7, 11) is 0. The first-order valence-corrected chi connectivity index (χ1v) is 8.91. The summed E-state index contributed by atoms with van der Waals surface area (Å²) in [5.74, 6) is -0.502. The monoisotopic (exact) mass is 370 g/mol. The van der Waals surface area contributed by atoms with Gasteiger partial charge in [-0.25, -0.2) is 13.8 Å². The van der Waals surface area contributed by atoms with Gasteiger partial charge in [-0.2, -0.15) is 5.10 Å². The van der Waals surface area contributed by atoms with Crippen LogP contribution in [0.2, 0.25) is 0 Å². The van der Waals surface area contributed by atoms with Crippen LogP contribution in [0.15, 0.2) is 35.3 Å². The Hall–Kier alpha value is -3.10. The van der Waals surface area contributed by atoms with E-state index >= 15 is 0 Å². The topological polar surface area (TPSA) is 85.9 Å². The SMILES string of the molecule is C[C@H]1CCCCN1C(=O)Cn1nnc2c(cnn2-c2ccc(F)cc2)c1=O. The Labute approximate surface area is 154 Å². The maximum Gasteiger partial charge on any atom is 0.281 e. The van der Waals surface area contributed by atoms with Crippen LogP contribution < -0.4 is 5.56 Å². The van der Waals surface area contributed by atoms with Gasteiger partial charge in [0.25, 0.3) is 5.56 Å². The molecule has 3 heterocycles. The van der Waals surface area contributed by atoms with Crippen molar-refractivity contribution < 1.29 is 9.18 Å². The molecule has 0 saturated carbocycles. The van der Waals surface area contributed by atoms with E-state index in [0.717, 1.165) is 23.9 Å². The number of piperidine rings is 1. The van der Waals surface area contributed by atoms with E-state index in [2.05, 4.69) is 15.4 Å². The maximum absolute atomic E-state index is 13.1. The highest BCUT2D eigenvalue weighted by molar-refractivity contribution is 5.77. The van der Waals surface area contributed by atoms with E-state index in [1.165, 1.54) is 35.1 Å². The zero-order valence-corrected chi connectivity index (χ0v) is 14.9. The molecule has 1 amide bonds. The lowest BCUT2D eigenvalue weighted by molar-refractivity contribution is -0.135.